The van der Waals surface area contributed by atoms with Gasteiger partial charge in [0.15, 0.2) is 0 Å². The third-order valence-electron chi connectivity index (χ3n) is 2.51. The Hall–Kier alpha value is -2.09. The van der Waals surface area contributed by atoms with E-state index in [9.17, 15) is 23.1 Å². The molecule has 0 aliphatic rings. The minimum atomic E-state index is -4.44. The topological polar surface area (TPSA) is 54.6 Å². The summed E-state index contributed by atoms with van der Waals surface area (Å²) < 4.78 is 38.6. The SMILES string of the molecule is Cn1c(O)c(C=Nc2cccc(C(F)(F)F)c2)sc1=O. The average Bonchev–Trinajstić information content (AvgIpc) is 2.63. The van der Waals surface area contributed by atoms with Gasteiger partial charge in [-0.3, -0.25) is 14.4 Å². The van der Waals surface area contributed by atoms with Crippen LogP contribution in [0.1, 0.15) is 10.4 Å². The van der Waals surface area contributed by atoms with Gasteiger partial charge >= 0.3 is 11.0 Å². The van der Waals surface area contributed by atoms with Crippen molar-refractivity contribution in [3.05, 3.63) is 44.4 Å². The molecule has 106 valence electrons. The van der Waals surface area contributed by atoms with E-state index in [-0.39, 0.29) is 21.3 Å². The zero-order valence-corrected chi connectivity index (χ0v) is 11.0. The van der Waals surface area contributed by atoms with Crippen LogP contribution in [0.5, 0.6) is 5.88 Å². The average molecular weight is 302 g/mol. The molecule has 20 heavy (non-hydrogen) atoms. The molecular formula is C12H9F3N2O2S. The van der Waals surface area contributed by atoms with Crippen molar-refractivity contribution < 1.29 is 18.3 Å². The van der Waals surface area contributed by atoms with Crippen LogP contribution in [0, 0.1) is 0 Å². The highest BCUT2D eigenvalue weighted by Crippen LogP contribution is 2.31. The van der Waals surface area contributed by atoms with Crippen LogP contribution < -0.4 is 4.87 Å². The lowest BCUT2D eigenvalue weighted by molar-refractivity contribution is -0.137. The third-order valence-corrected chi connectivity index (χ3v) is 3.47. The number of rotatable bonds is 2. The van der Waals surface area contributed by atoms with Crippen LogP contribution in [0.3, 0.4) is 0 Å². The molecule has 0 atom stereocenters. The Morgan fingerprint density at radius 3 is 2.65 bits per heavy atom. The van der Waals surface area contributed by atoms with Crippen LogP contribution >= 0.6 is 11.3 Å². The summed E-state index contributed by atoms with van der Waals surface area (Å²) in [5, 5.41) is 9.58. The van der Waals surface area contributed by atoms with Gasteiger partial charge < -0.3 is 5.11 Å². The minimum absolute atomic E-state index is 0.0859. The quantitative estimate of drug-likeness (QED) is 0.867. The van der Waals surface area contributed by atoms with E-state index >= 15 is 0 Å². The lowest BCUT2D eigenvalue weighted by Crippen LogP contribution is -2.05. The summed E-state index contributed by atoms with van der Waals surface area (Å²) in [6.45, 7) is 0. The summed E-state index contributed by atoms with van der Waals surface area (Å²) in [6, 6.07) is 4.47. The zero-order valence-electron chi connectivity index (χ0n) is 10.2. The summed E-state index contributed by atoms with van der Waals surface area (Å²) in [5.74, 6) is -0.268. The Morgan fingerprint density at radius 1 is 1.40 bits per heavy atom. The number of alkyl halides is 3. The van der Waals surface area contributed by atoms with Gasteiger partial charge in [-0.25, -0.2) is 0 Å². The fraction of sp³-hybridized carbons (Fsp3) is 0.167. The first-order chi connectivity index (χ1) is 9.29. The number of aliphatic imine (C=N–C) groups is 1. The van der Waals surface area contributed by atoms with Gasteiger partial charge in [0.05, 0.1) is 17.5 Å². The molecule has 0 saturated heterocycles. The smallest absolute Gasteiger partial charge is 0.416 e. The Morgan fingerprint density at radius 2 is 2.10 bits per heavy atom. The molecule has 0 radical (unpaired) electrons. The van der Waals surface area contributed by atoms with Crippen molar-refractivity contribution in [2.75, 3.05) is 0 Å². The van der Waals surface area contributed by atoms with E-state index in [1.165, 1.54) is 19.2 Å². The number of benzene rings is 1. The number of halogens is 3. The minimum Gasteiger partial charge on any atom is -0.493 e. The molecule has 1 aromatic heterocycles. The van der Waals surface area contributed by atoms with E-state index < -0.39 is 11.7 Å². The number of thiazole rings is 1. The largest absolute Gasteiger partial charge is 0.493 e. The van der Waals surface area contributed by atoms with Gasteiger partial charge in [-0.05, 0) is 18.2 Å². The highest BCUT2D eigenvalue weighted by molar-refractivity contribution is 7.11. The van der Waals surface area contributed by atoms with Crippen molar-refractivity contribution in [3.63, 3.8) is 0 Å². The predicted octanol–water partition coefficient (Wildman–Crippen LogP) is 2.92. The van der Waals surface area contributed by atoms with E-state index in [1.807, 2.05) is 0 Å². The van der Waals surface area contributed by atoms with Crippen LogP contribution in [-0.4, -0.2) is 15.9 Å². The maximum absolute atomic E-state index is 12.5. The van der Waals surface area contributed by atoms with Crippen molar-refractivity contribution in [1.29, 1.82) is 0 Å². The first-order valence-electron chi connectivity index (χ1n) is 5.39. The molecule has 0 fully saturated rings. The van der Waals surface area contributed by atoms with Gasteiger partial charge in [-0.2, -0.15) is 13.2 Å². The first kappa shape index (κ1) is 14.3. The van der Waals surface area contributed by atoms with Gasteiger partial charge in [0, 0.05) is 7.05 Å². The Kier molecular flexibility index (Phi) is 3.67. The number of hydrogen-bond acceptors (Lipinski definition) is 4. The molecule has 1 aromatic carbocycles. The molecule has 4 nitrogen and oxygen atoms in total. The molecule has 0 aliphatic carbocycles. The summed E-state index contributed by atoms with van der Waals surface area (Å²) >= 11 is 0.756. The standard InChI is InChI=1S/C12H9F3N2O2S/c1-17-10(18)9(20-11(17)19)6-16-8-4-2-3-7(5-8)12(13,14)15/h2-6,18H,1H3. The van der Waals surface area contributed by atoms with Crippen molar-refractivity contribution in [1.82, 2.24) is 4.57 Å². The van der Waals surface area contributed by atoms with Crippen LogP contribution in [0.15, 0.2) is 34.1 Å². The molecule has 2 rings (SSSR count). The van der Waals surface area contributed by atoms with Crippen molar-refractivity contribution in [2.24, 2.45) is 12.0 Å². The van der Waals surface area contributed by atoms with E-state index in [0.29, 0.717) is 0 Å². The van der Waals surface area contributed by atoms with Crippen molar-refractivity contribution in [3.8, 4) is 5.88 Å². The number of nitrogens with zero attached hydrogens (tertiary/aromatic N) is 2. The summed E-state index contributed by atoms with van der Waals surface area (Å²) in [5.41, 5.74) is -0.722. The van der Waals surface area contributed by atoms with Gasteiger partial charge in [-0.15, -0.1) is 0 Å². The fourth-order valence-electron chi connectivity index (χ4n) is 1.44. The molecule has 2 aromatic rings. The second-order valence-corrected chi connectivity index (χ2v) is 4.91. The Balaban J connectivity index is 2.32. The summed E-state index contributed by atoms with van der Waals surface area (Å²) in [6.07, 6.45) is -3.28. The normalized spacial score (nSPS) is 12.2. The van der Waals surface area contributed by atoms with Gasteiger partial charge in [0.25, 0.3) is 0 Å². The second-order valence-electron chi connectivity index (χ2n) is 3.92. The molecule has 0 aliphatic heterocycles. The zero-order chi connectivity index (χ0) is 14.9. The van der Waals surface area contributed by atoms with Crippen LogP contribution in [0.2, 0.25) is 0 Å². The first-order valence-corrected chi connectivity index (χ1v) is 6.21. The Bertz CT molecular complexity index is 716. The summed E-state index contributed by atoms with van der Waals surface area (Å²) in [7, 11) is 1.38. The lowest BCUT2D eigenvalue weighted by atomic mass is 10.2. The van der Waals surface area contributed by atoms with E-state index in [1.54, 1.807) is 0 Å². The van der Waals surface area contributed by atoms with Crippen LogP contribution in [-0.2, 0) is 13.2 Å². The number of aromatic nitrogens is 1. The third kappa shape index (κ3) is 2.90. The van der Waals surface area contributed by atoms with Gasteiger partial charge in [-0.1, -0.05) is 17.4 Å². The highest BCUT2D eigenvalue weighted by Gasteiger charge is 2.30. The van der Waals surface area contributed by atoms with Crippen LogP contribution in [0.4, 0.5) is 18.9 Å². The van der Waals surface area contributed by atoms with Gasteiger partial charge in [0.1, 0.15) is 4.88 Å². The van der Waals surface area contributed by atoms with Gasteiger partial charge in [0.2, 0.25) is 5.88 Å². The predicted molar refractivity (Wildman–Crippen MR) is 69.9 cm³/mol. The number of aromatic hydroxyl groups is 1. The second kappa shape index (κ2) is 5.12. The van der Waals surface area contributed by atoms with Crippen molar-refractivity contribution in [2.45, 2.75) is 6.18 Å². The van der Waals surface area contributed by atoms with Crippen LogP contribution in [0.25, 0.3) is 0 Å². The molecule has 1 heterocycles. The summed E-state index contributed by atoms with van der Waals surface area (Å²) in [4.78, 5) is 14.9. The molecule has 8 heteroatoms. The Labute approximate surface area is 115 Å². The van der Waals surface area contributed by atoms with Crippen molar-refractivity contribution >= 4 is 23.2 Å². The van der Waals surface area contributed by atoms with E-state index in [0.717, 1.165) is 34.3 Å². The highest BCUT2D eigenvalue weighted by atomic mass is 32.1. The molecule has 0 unspecified atom stereocenters. The molecule has 0 saturated carbocycles. The van der Waals surface area contributed by atoms with E-state index in [2.05, 4.69) is 4.99 Å². The molecule has 0 amide bonds. The monoisotopic (exact) mass is 302 g/mol. The van der Waals surface area contributed by atoms with E-state index in [4.69, 9.17) is 0 Å². The fourth-order valence-corrected chi connectivity index (χ4v) is 2.18. The molecule has 1 N–H and O–H groups in total. The molecular weight excluding hydrogens is 293 g/mol. The molecule has 0 spiro atoms. The molecule has 0 bridgehead atoms. The number of hydrogen-bond donors (Lipinski definition) is 1. The lowest BCUT2D eigenvalue weighted by Gasteiger charge is -2.06. The maximum atomic E-state index is 12.5. The maximum Gasteiger partial charge on any atom is 0.416 e.